The zero-order valence-corrected chi connectivity index (χ0v) is 19.1. The predicted octanol–water partition coefficient (Wildman–Crippen LogP) is 2.03. The van der Waals surface area contributed by atoms with Crippen LogP contribution in [-0.4, -0.2) is 58.6 Å². The minimum absolute atomic E-state index is 0.321. The molecule has 1 N–H and O–H groups in total. The minimum atomic E-state index is -0.922. The highest BCUT2D eigenvalue weighted by Gasteiger charge is 2.38. The number of rotatable bonds is 3. The third-order valence-corrected chi connectivity index (χ3v) is 5.57. The van der Waals surface area contributed by atoms with Crippen molar-refractivity contribution in [3.63, 3.8) is 0 Å². The van der Waals surface area contributed by atoms with E-state index in [0.29, 0.717) is 31.9 Å². The van der Waals surface area contributed by atoms with Crippen LogP contribution in [0.15, 0.2) is 24.8 Å². The van der Waals surface area contributed by atoms with Crippen LogP contribution in [0.25, 0.3) is 0 Å². The van der Waals surface area contributed by atoms with Crippen LogP contribution in [0.5, 0.6) is 0 Å². The summed E-state index contributed by atoms with van der Waals surface area (Å²) in [6.45, 7) is 2.20. The zero-order valence-electron chi connectivity index (χ0n) is 14.8. The van der Waals surface area contributed by atoms with Crippen molar-refractivity contribution in [2.75, 3.05) is 33.5 Å². The monoisotopic (exact) mass is 598 g/mol. The number of ether oxygens (including phenoxy) is 3. The Morgan fingerprint density at radius 2 is 1.52 bits per heavy atom. The van der Waals surface area contributed by atoms with Crippen LogP contribution < -0.4 is 0 Å². The Bertz CT molecular complexity index is 768. The molecule has 0 spiro atoms. The number of halogens is 2. The van der Waals surface area contributed by atoms with Crippen molar-refractivity contribution >= 4 is 45.2 Å². The highest BCUT2D eigenvalue weighted by molar-refractivity contribution is 14.1. The van der Waals surface area contributed by atoms with Crippen LogP contribution in [0.3, 0.4) is 0 Å². The Morgan fingerprint density at radius 3 is 2.04 bits per heavy atom. The standard InChI is InChI=1S/C9H11IN2O2.C8H9IN2O2/c1-13-9(2-3-14-6-9)7-4-11-5-8(10)12-7;9-7-4-10-3-6(11-7)8(12)1-2-13-5-8/h4-5H,2-3,6H2,1H3;3-4,12H,1-2,5H2/t9-;/m1./s1. The van der Waals surface area contributed by atoms with Gasteiger partial charge in [-0.25, -0.2) is 9.97 Å². The molecule has 0 saturated carbocycles. The second-order valence-corrected chi connectivity index (χ2v) is 8.50. The Kier molecular flexibility index (Phi) is 7.30. The third-order valence-electron chi connectivity index (χ3n) is 4.53. The van der Waals surface area contributed by atoms with Gasteiger partial charge in [0, 0.05) is 33.2 Å². The Labute approximate surface area is 184 Å². The predicted molar refractivity (Wildman–Crippen MR) is 113 cm³/mol. The summed E-state index contributed by atoms with van der Waals surface area (Å²) < 4.78 is 17.7. The quantitative estimate of drug-likeness (QED) is 0.537. The van der Waals surface area contributed by atoms with Gasteiger partial charge in [-0.15, -0.1) is 0 Å². The van der Waals surface area contributed by atoms with Gasteiger partial charge >= 0.3 is 0 Å². The maximum Gasteiger partial charge on any atom is 0.136 e. The molecule has 4 heterocycles. The molecule has 2 aromatic rings. The lowest BCUT2D eigenvalue weighted by Crippen LogP contribution is -2.30. The van der Waals surface area contributed by atoms with Gasteiger partial charge in [0.15, 0.2) is 0 Å². The molecule has 1 unspecified atom stereocenters. The van der Waals surface area contributed by atoms with E-state index in [4.69, 9.17) is 14.2 Å². The highest BCUT2D eigenvalue weighted by Crippen LogP contribution is 2.32. The molecule has 146 valence electrons. The van der Waals surface area contributed by atoms with E-state index >= 15 is 0 Å². The molecular weight excluding hydrogens is 578 g/mol. The number of nitrogens with zero attached hydrogens (tertiary/aromatic N) is 4. The van der Waals surface area contributed by atoms with Gasteiger partial charge in [0.2, 0.25) is 0 Å². The van der Waals surface area contributed by atoms with Crippen LogP contribution >= 0.6 is 45.2 Å². The topological polar surface area (TPSA) is 99.5 Å². The van der Waals surface area contributed by atoms with Gasteiger partial charge in [0.1, 0.15) is 18.6 Å². The van der Waals surface area contributed by atoms with Crippen LogP contribution in [0.4, 0.5) is 0 Å². The largest absolute Gasteiger partial charge is 0.381 e. The summed E-state index contributed by atoms with van der Waals surface area (Å²) in [5.74, 6) is 0. The zero-order chi connectivity index (χ0) is 19.3. The third kappa shape index (κ3) is 5.09. The van der Waals surface area contributed by atoms with Gasteiger partial charge in [-0.2, -0.15) is 0 Å². The maximum atomic E-state index is 10.1. The fourth-order valence-corrected chi connectivity index (χ4v) is 3.74. The van der Waals surface area contributed by atoms with Crippen molar-refractivity contribution < 1.29 is 19.3 Å². The Morgan fingerprint density at radius 1 is 0.926 bits per heavy atom. The molecule has 0 amide bonds. The molecule has 2 aromatic heterocycles. The fourth-order valence-electron chi connectivity index (χ4n) is 2.90. The summed E-state index contributed by atoms with van der Waals surface area (Å²) in [6, 6.07) is 0. The minimum Gasteiger partial charge on any atom is -0.381 e. The van der Waals surface area contributed by atoms with Crippen LogP contribution in [0, 0.1) is 7.40 Å². The molecule has 27 heavy (non-hydrogen) atoms. The van der Waals surface area contributed by atoms with Crippen molar-refractivity contribution in [2.45, 2.75) is 24.0 Å². The van der Waals surface area contributed by atoms with Gasteiger partial charge in [-0.1, -0.05) is 0 Å². The lowest BCUT2D eigenvalue weighted by atomic mass is 9.99. The summed E-state index contributed by atoms with van der Waals surface area (Å²) >= 11 is 4.22. The molecule has 2 fully saturated rings. The van der Waals surface area contributed by atoms with Crippen molar-refractivity contribution in [1.82, 2.24) is 19.9 Å². The van der Waals surface area contributed by atoms with Gasteiger partial charge in [-0.05, 0) is 45.2 Å². The number of methoxy groups -OCH3 is 1. The second-order valence-electron chi connectivity index (χ2n) is 6.29. The van der Waals surface area contributed by atoms with E-state index in [0.717, 1.165) is 26.1 Å². The molecule has 0 radical (unpaired) electrons. The van der Waals surface area contributed by atoms with E-state index in [1.165, 1.54) is 0 Å². The molecule has 0 aromatic carbocycles. The van der Waals surface area contributed by atoms with Crippen LogP contribution in [-0.2, 0) is 25.4 Å². The molecule has 2 atom stereocenters. The van der Waals surface area contributed by atoms with E-state index in [1.807, 2.05) is 0 Å². The van der Waals surface area contributed by atoms with E-state index in [9.17, 15) is 5.11 Å². The van der Waals surface area contributed by atoms with Gasteiger partial charge < -0.3 is 19.3 Å². The molecule has 2 aliphatic heterocycles. The smallest absolute Gasteiger partial charge is 0.136 e. The molecule has 4 rings (SSSR count). The first kappa shape index (κ1) is 21.2. The second kappa shape index (κ2) is 9.31. The van der Waals surface area contributed by atoms with Gasteiger partial charge in [0.05, 0.1) is 49.4 Å². The first-order valence-electron chi connectivity index (χ1n) is 8.36. The summed E-state index contributed by atoms with van der Waals surface area (Å²) in [5, 5.41) is 10.1. The number of aromatic nitrogens is 4. The first-order valence-corrected chi connectivity index (χ1v) is 10.5. The van der Waals surface area contributed by atoms with Gasteiger partial charge in [0.25, 0.3) is 0 Å². The van der Waals surface area contributed by atoms with E-state index < -0.39 is 5.60 Å². The van der Waals surface area contributed by atoms with Crippen molar-refractivity contribution in [1.29, 1.82) is 0 Å². The molecule has 2 aliphatic rings. The highest BCUT2D eigenvalue weighted by atomic mass is 127. The molecule has 0 bridgehead atoms. The van der Waals surface area contributed by atoms with E-state index in [2.05, 4.69) is 65.1 Å². The molecule has 2 saturated heterocycles. The average molecular weight is 598 g/mol. The van der Waals surface area contributed by atoms with Crippen LogP contribution in [0.2, 0.25) is 0 Å². The first-order chi connectivity index (χ1) is 13.0. The summed E-state index contributed by atoms with van der Waals surface area (Å²) in [5.41, 5.74) is 0.170. The maximum absolute atomic E-state index is 10.1. The number of hydrogen-bond acceptors (Lipinski definition) is 8. The summed E-state index contributed by atoms with van der Waals surface area (Å²) in [7, 11) is 1.69. The lowest BCUT2D eigenvalue weighted by molar-refractivity contribution is -0.0250. The Balaban J connectivity index is 0.000000156. The lowest BCUT2D eigenvalue weighted by Gasteiger charge is -2.24. The van der Waals surface area contributed by atoms with Crippen molar-refractivity contribution in [2.24, 2.45) is 0 Å². The average Bonchev–Trinajstić information content (AvgIpc) is 3.33. The number of aliphatic hydroxyl groups is 1. The molecular formula is C17H20I2N4O4. The van der Waals surface area contributed by atoms with E-state index in [1.54, 1.807) is 31.9 Å². The van der Waals surface area contributed by atoms with E-state index in [-0.39, 0.29) is 5.60 Å². The SMILES string of the molecule is CO[C@]1(c2cncc(I)n2)CCOC1.OC1(c2cncc(I)n2)CCOC1. The Hall–Kier alpha value is -0.540. The van der Waals surface area contributed by atoms with Gasteiger partial charge in [-0.3, -0.25) is 9.97 Å². The summed E-state index contributed by atoms with van der Waals surface area (Å²) in [6.07, 6.45) is 8.17. The van der Waals surface area contributed by atoms with Crippen molar-refractivity contribution in [3.05, 3.63) is 43.6 Å². The van der Waals surface area contributed by atoms with Crippen LogP contribution in [0.1, 0.15) is 24.2 Å². The fraction of sp³-hybridized carbons (Fsp3) is 0.529. The summed E-state index contributed by atoms with van der Waals surface area (Å²) in [4.78, 5) is 16.7. The molecule has 8 nitrogen and oxygen atoms in total. The molecule has 0 aliphatic carbocycles. The normalized spacial score (nSPS) is 27.3. The molecule has 10 heteroatoms. The number of hydrogen-bond donors (Lipinski definition) is 1. The van der Waals surface area contributed by atoms with Crippen molar-refractivity contribution in [3.8, 4) is 0 Å².